The Hall–Kier alpha value is -3.33. The van der Waals surface area contributed by atoms with Crippen molar-refractivity contribution in [2.75, 3.05) is 24.7 Å². The van der Waals surface area contributed by atoms with Crippen molar-refractivity contribution in [3.63, 3.8) is 0 Å². The van der Waals surface area contributed by atoms with E-state index in [1.54, 1.807) is 6.20 Å². The molecule has 2 N–H and O–H groups in total. The van der Waals surface area contributed by atoms with E-state index in [0.29, 0.717) is 23.8 Å². The summed E-state index contributed by atoms with van der Waals surface area (Å²) in [5, 5.41) is 12.4. The van der Waals surface area contributed by atoms with Crippen molar-refractivity contribution in [1.82, 2.24) is 29.6 Å². The van der Waals surface area contributed by atoms with Gasteiger partial charge in [0.2, 0.25) is 0 Å². The number of anilines is 1. The molecule has 3 heterocycles. The van der Waals surface area contributed by atoms with Gasteiger partial charge in [0.15, 0.2) is 10.8 Å². The molecule has 4 aromatic rings. The van der Waals surface area contributed by atoms with Crippen molar-refractivity contribution in [3.05, 3.63) is 60.6 Å². The van der Waals surface area contributed by atoms with Gasteiger partial charge in [0.05, 0.1) is 18.1 Å². The zero-order chi connectivity index (χ0) is 21.6. The zero-order valence-corrected chi connectivity index (χ0v) is 18.4. The van der Waals surface area contributed by atoms with E-state index in [-0.39, 0.29) is 5.91 Å². The molecule has 0 saturated carbocycles. The van der Waals surface area contributed by atoms with Crippen LogP contribution in [0.25, 0.3) is 16.7 Å². The number of amides is 1. The van der Waals surface area contributed by atoms with Gasteiger partial charge >= 0.3 is 0 Å². The van der Waals surface area contributed by atoms with Crippen LogP contribution in [0.4, 0.5) is 5.82 Å². The Morgan fingerprint density at radius 1 is 1.10 bits per heavy atom. The van der Waals surface area contributed by atoms with E-state index in [4.69, 9.17) is 0 Å². The molecule has 0 spiro atoms. The fourth-order valence-electron chi connectivity index (χ4n) is 3.24. The lowest BCUT2D eigenvalue weighted by atomic mass is 10.2. The largest absolute Gasteiger partial charge is 0.369 e. The molecule has 1 amide bonds. The lowest BCUT2D eigenvalue weighted by Crippen LogP contribution is -2.27. The normalized spacial score (nSPS) is 11.0. The molecule has 0 fully saturated rings. The van der Waals surface area contributed by atoms with Crippen LogP contribution in [0.15, 0.2) is 60.1 Å². The number of hydrogen-bond donors (Lipinski definition) is 2. The summed E-state index contributed by atoms with van der Waals surface area (Å²) in [4.78, 5) is 21.7. The molecule has 4 rings (SSSR count). The Morgan fingerprint density at radius 2 is 1.87 bits per heavy atom. The predicted octanol–water partition coefficient (Wildman–Crippen LogP) is 3.59. The first-order chi connectivity index (χ1) is 15.2. The average molecular weight is 436 g/mol. The third-order valence-corrected chi connectivity index (χ3v) is 5.39. The van der Waals surface area contributed by atoms with E-state index in [1.165, 1.54) is 11.8 Å². The standard InChI is InChI=1S/C22H25N7OS/c1-3-10-23-19-18-15-25-29(20(18)27-22(26-19)31-2)14-11-24-21(30)16-6-8-17(9-7-16)28-12-4-5-13-28/h4-9,12-13,15H,3,10-11,14H2,1-2H3,(H,24,30)(H,23,26,27). The molecule has 0 aliphatic heterocycles. The minimum Gasteiger partial charge on any atom is -0.369 e. The summed E-state index contributed by atoms with van der Waals surface area (Å²) in [6, 6.07) is 11.5. The van der Waals surface area contributed by atoms with Gasteiger partial charge in [0.25, 0.3) is 5.91 Å². The highest BCUT2D eigenvalue weighted by Crippen LogP contribution is 2.23. The number of carbonyl (C=O) groups is 1. The van der Waals surface area contributed by atoms with Crippen LogP contribution in [0.1, 0.15) is 23.7 Å². The molecule has 0 radical (unpaired) electrons. The number of benzene rings is 1. The first-order valence-corrected chi connectivity index (χ1v) is 11.4. The van der Waals surface area contributed by atoms with Gasteiger partial charge in [0, 0.05) is 36.7 Å². The van der Waals surface area contributed by atoms with Gasteiger partial charge in [-0.15, -0.1) is 0 Å². The molecule has 1 aromatic carbocycles. The number of aromatic nitrogens is 5. The van der Waals surface area contributed by atoms with Crippen LogP contribution in [0.2, 0.25) is 0 Å². The molecule has 0 aliphatic rings. The van der Waals surface area contributed by atoms with Gasteiger partial charge < -0.3 is 15.2 Å². The summed E-state index contributed by atoms with van der Waals surface area (Å²) in [5.74, 6) is 0.689. The second-order valence-electron chi connectivity index (χ2n) is 6.98. The molecule has 0 atom stereocenters. The van der Waals surface area contributed by atoms with Crippen molar-refractivity contribution in [3.8, 4) is 5.69 Å². The average Bonchev–Trinajstić information content (AvgIpc) is 3.48. The van der Waals surface area contributed by atoms with Crippen LogP contribution < -0.4 is 10.6 Å². The van der Waals surface area contributed by atoms with Gasteiger partial charge in [0.1, 0.15) is 5.82 Å². The molecule has 0 bridgehead atoms. The third kappa shape index (κ3) is 4.72. The van der Waals surface area contributed by atoms with Gasteiger partial charge in [-0.3, -0.25) is 4.79 Å². The van der Waals surface area contributed by atoms with Gasteiger partial charge in [-0.2, -0.15) is 5.10 Å². The number of fused-ring (bicyclic) bond motifs is 1. The van der Waals surface area contributed by atoms with Crippen LogP contribution in [0.5, 0.6) is 0 Å². The highest BCUT2D eigenvalue weighted by atomic mass is 32.2. The van der Waals surface area contributed by atoms with Crippen molar-refractivity contribution in [2.45, 2.75) is 25.0 Å². The Bertz CT molecular complexity index is 1150. The first kappa shape index (κ1) is 20.9. The molecule has 0 unspecified atom stereocenters. The Labute approximate surface area is 185 Å². The van der Waals surface area contributed by atoms with Crippen molar-refractivity contribution in [2.24, 2.45) is 0 Å². The fraction of sp³-hybridized carbons (Fsp3) is 0.273. The van der Waals surface area contributed by atoms with E-state index >= 15 is 0 Å². The topological polar surface area (TPSA) is 89.7 Å². The lowest BCUT2D eigenvalue weighted by molar-refractivity contribution is 0.0952. The van der Waals surface area contributed by atoms with E-state index in [0.717, 1.165) is 35.5 Å². The second kappa shape index (κ2) is 9.65. The summed E-state index contributed by atoms with van der Waals surface area (Å²) in [5.41, 5.74) is 2.41. The van der Waals surface area contributed by atoms with Crippen LogP contribution in [-0.4, -0.2) is 49.6 Å². The summed E-state index contributed by atoms with van der Waals surface area (Å²) in [7, 11) is 0. The highest BCUT2D eigenvalue weighted by Gasteiger charge is 2.13. The highest BCUT2D eigenvalue weighted by molar-refractivity contribution is 7.98. The molecular weight excluding hydrogens is 410 g/mol. The molecule has 160 valence electrons. The summed E-state index contributed by atoms with van der Waals surface area (Å²) < 4.78 is 3.81. The van der Waals surface area contributed by atoms with Gasteiger partial charge in [-0.1, -0.05) is 18.7 Å². The fourth-order valence-corrected chi connectivity index (χ4v) is 3.60. The van der Waals surface area contributed by atoms with Gasteiger partial charge in [-0.25, -0.2) is 14.6 Å². The maximum atomic E-state index is 12.5. The zero-order valence-electron chi connectivity index (χ0n) is 17.6. The number of nitrogens with one attached hydrogen (secondary N) is 2. The van der Waals surface area contributed by atoms with Crippen molar-refractivity contribution >= 4 is 34.5 Å². The van der Waals surface area contributed by atoms with E-state index in [9.17, 15) is 4.79 Å². The van der Waals surface area contributed by atoms with Crippen molar-refractivity contribution in [1.29, 1.82) is 0 Å². The number of hydrogen-bond acceptors (Lipinski definition) is 6. The Balaban J connectivity index is 1.41. The van der Waals surface area contributed by atoms with Crippen LogP contribution in [-0.2, 0) is 6.54 Å². The molecular formula is C22H25N7OS. The van der Waals surface area contributed by atoms with Crippen LogP contribution >= 0.6 is 11.8 Å². The molecule has 31 heavy (non-hydrogen) atoms. The monoisotopic (exact) mass is 435 g/mol. The minimum absolute atomic E-state index is 0.111. The summed E-state index contributed by atoms with van der Waals surface area (Å²) >= 11 is 1.49. The maximum Gasteiger partial charge on any atom is 0.251 e. The number of rotatable bonds is 9. The SMILES string of the molecule is CCCNc1nc(SC)nc2c1cnn2CCNC(=O)c1ccc(-n2cccc2)cc1. The minimum atomic E-state index is -0.111. The smallest absolute Gasteiger partial charge is 0.251 e. The quantitative estimate of drug-likeness (QED) is 0.308. The maximum absolute atomic E-state index is 12.5. The number of carbonyl (C=O) groups excluding carboxylic acids is 1. The molecule has 0 aliphatic carbocycles. The number of thioether (sulfide) groups is 1. The summed E-state index contributed by atoms with van der Waals surface area (Å²) in [6.07, 6.45) is 8.68. The Morgan fingerprint density at radius 3 is 2.58 bits per heavy atom. The predicted molar refractivity (Wildman–Crippen MR) is 124 cm³/mol. The van der Waals surface area contributed by atoms with E-state index in [1.807, 2.05) is 64.3 Å². The first-order valence-electron chi connectivity index (χ1n) is 10.2. The van der Waals surface area contributed by atoms with Crippen LogP contribution in [0, 0.1) is 0 Å². The second-order valence-corrected chi connectivity index (χ2v) is 7.76. The van der Waals surface area contributed by atoms with Gasteiger partial charge in [-0.05, 0) is 49.1 Å². The summed E-state index contributed by atoms with van der Waals surface area (Å²) in [6.45, 7) is 3.92. The third-order valence-electron chi connectivity index (χ3n) is 4.84. The lowest BCUT2D eigenvalue weighted by Gasteiger charge is -2.09. The van der Waals surface area contributed by atoms with E-state index < -0.39 is 0 Å². The van der Waals surface area contributed by atoms with E-state index in [2.05, 4.69) is 32.6 Å². The molecule has 0 saturated heterocycles. The molecule has 9 heteroatoms. The van der Waals surface area contributed by atoms with Crippen LogP contribution in [0.3, 0.4) is 0 Å². The van der Waals surface area contributed by atoms with Crippen molar-refractivity contribution < 1.29 is 4.79 Å². The molecule has 8 nitrogen and oxygen atoms in total. The molecule has 3 aromatic heterocycles. The Kier molecular flexibility index (Phi) is 6.51. The number of nitrogens with zero attached hydrogens (tertiary/aromatic N) is 5.